The van der Waals surface area contributed by atoms with Crippen LogP contribution in [0.5, 0.6) is 0 Å². The van der Waals surface area contributed by atoms with Crippen molar-refractivity contribution in [2.75, 3.05) is 27.3 Å². The molecule has 0 aromatic carbocycles. The molecule has 0 bridgehead atoms. The maximum Gasteiger partial charge on any atom is 0.355 e. The third kappa shape index (κ3) is 5.14. The second-order valence-electron chi connectivity index (χ2n) is 6.25. The van der Waals surface area contributed by atoms with Crippen LogP contribution in [0.4, 0.5) is 0 Å². The van der Waals surface area contributed by atoms with Gasteiger partial charge in [-0.25, -0.2) is 5.43 Å². The quantitative estimate of drug-likeness (QED) is 0.252. The highest BCUT2D eigenvalue weighted by Gasteiger charge is 2.35. The molecule has 2 heterocycles. The first-order valence-electron chi connectivity index (χ1n) is 8.64. The molecule has 1 fully saturated rings. The number of aliphatic imine (C=N–C) groups is 1. The number of rotatable bonds is 7. The molecule has 1 unspecified atom stereocenters. The molecule has 27 heavy (non-hydrogen) atoms. The molecule has 2 atom stereocenters. The number of amidine groups is 1. The van der Waals surface area contributed by atoms with Gasteiger partial charge in [-0.2, -0.15) is 0 Å². The first-order chi connectivity index (χ1) is 12.9. The van der Waals surface area contributed by atoms with Crippen LogP contribution in [0.3, 0.4) is 0 Å². The standard InChI is InChI=1S/C17H24BrN5O3Si/c1-4-13(24)22-9-12(6-5-11(22)10-26-3)27-8-7-23-17(20-2)14(16(19)25)15(18)21-23/h4,7,11-12H,1,5-6,8-10H2,2-3H3,(H2-,19,20,21,25)/p+1/b23-7+/t11-,12?/m1/s1. The maximum absolute atomic E-state index is 12.2. The highest BCUT2D eigenvalue weighted by atomic mass is 79.9. The molecule has 3 N–H and O–H groups in total. The number of nitrogens with one attached hydrogen (secondary N) is 1. The van der Waals surface area contributed by atoms with Crippen LogP contribution in [0.25, 0.3) is 0 Å². The highest BCUT2D eigenvalue weighted by Crippen LogP contribution is 2.27. The van der Waals surface area contributed by atoms with Gasteiger partial charge >= 0.3 is 5.84 Å². The van der Waals surface area contributed by atoms with Crippen molar-refractivity contribution in [2.24, 2.45) is 10.7 Å². The molecule has 146 valence electrons. The van der Waals surface area contributed by atoms with Crippen molar-refractivity contribution in [3.05, 3.63) is 22.8 Å². The van der Waals surface area contributed by atoms with Gasteiger partial charge < -0.3 is 15.4 Å². The van der Waals surface area contributed by atoms with Gasteiger partial charge in [0.25, 0.3) is 5.91 Å². The molecule has 0 aliphatic carbocycles. The third-order valence-electron chi connectivity index (χ3n) is 4.55. The predicted molar refractivity (Wildman–Crippen MR) is 109 cm³/mol. The second-order valence-corrected chi connectivity index (χ2v) is 8.68. The number of halogens is 1. The van der Waals surface area contributed by atoms with Crippen LogP contribution < -0.4 is 11.2 Å². The van der Waals surface area contributed by atoms with Gasteiger partial charge in [-0.1, -0.05) is 11.6 Å². The number of nitrogens with two attached hydrogens (primary N) is 1. The third-order valence-corrected chi connectivity index (χ3v) is 6.59. The maximum atomic E-state index is 12.2. The lowest BCUT2D eigenvalue weighted by atomic mass is 10.0. The van der Waals surface area contributed by atoms with E-state index in [-0.39, 0.29) is 11.9 Å². The Morgan fingerprint density at radius 3 is 2.89 bits per heavy atom. The average Bonchev–Trinajstić information content (AvgIpc) is 2.97. The second kappa shape index (κ2) is 9.95. The summed E-state index contributed by atoms with van der Waals surface area (Å²) < 4.78 is 7.47. The van der Waals surface area contributed by atoms with Crippen molar-refractivity contribution in [1.82, 2.24) is 10.3 Å². The largest absolute Gasteiger partial charge is 0.383 e. The number of hydrogen-bond acceptors (Lipinski definition) is 5. The van der Waals surface area contributed by atoms with Crippen LogP contribution in [0.15, 0.2) is 27.8 Å². The number of nitrogens with zero attached hydrogens (tertiary/aromatic N) is 3. The zero-order valence-electron chi connectivity index (χ0n) is 15.6. The molecule has 2 rings (SSSR count). The number of primary amides is 1. The van der Waals surface area contributed by atoms with Crippen molar-refractivity contribution in [3.63, 3.8) is 0 Å². The minimum Gasteiger partial charge on any atom is -0.383 e. The molecule has 10 heteroatoms. The average molecular weight is 455 g/mol. The lowest BCUT2D eigenvalue weighted by molar-refractivity contribution is -0.453. The summed E-state index contributed by atoms with van der Waals surface area (Å²) in [5.41, 5.74) is 9.21. The van der Waals surface area contributed by atoms with E-state index in [9.17, 15) is 9.59 Å². The summed E-state index contributed by atoms with van der Waals surface area (Å²) >= 11 is 3.31. The lowest BCUT2D eigenvalue weighted by Crippen LogP contribution is -2.47. The molecular formula is C17H25BrN5O3Si+. The number of piperidine rings is 1. The zero-order valence-corrected chi connectivity index (χ0v) is 18.2. The van der Waals surface area contributed by atoms with Crippen LogP contribution in [0, 0.1) is 0 Å². The van der Waals surface area contributed by atoms with Gasteiger partial charge in [0.15, 0.2) is 5.57 Å². The number of amides is 2. The summed E-state index contributed by atoms with van der Waals surface area (Å²) in [6.07, 6.45) is 5.30. The fourth-order valence-electron chi connectivity index (χ4n) is 3.26. The SMILES string of the molecule is C=CC(=O)N1CC([Si]C/C=[N+]2/NC(Br)=C(C(N)=O)C2=NC)CC[C@@H]1COC. The van der Waals surface area contributed by atoms with Crippen molar-refractivity contribution >= 4 is 49.3 Å². The van der Waals surface area contributed by atoms with Crippen molar-refractivity contribution in [2.45, 2.75) is 30.5 Å². The number of hydrogen-bond donors (Lipinski definition) is 2. The monoisotopic (exact) mass is 454 g/mol. The minimum atomic E-state index is -0.539. The van der Waals surface area contributed by atoms with E-state index in [1.165, 1.54) is 6.08 Å². The number of likely N-dealkylation sites (tertiary alicyclic amines) is 1. The van der Waals surface area contributed by atoms with E-state index in [1.807, 2.05) is 11.1 Å². The van der Waals surface area contributed by atoms with Gasteiger partial charge in [0.2, 0.25) is 5.91 Å². The van der Waals surface area contributed by atoms with Crippen LogP contribution in [0.2, 0.25) is 11.6 Å². The molecule has 2 aliphatic rings. The molecule has 2 aliphatic heterocycles. The van der Waals surface area contributed by atoms with Crippen molar-refractivity contribution < 1.29 is 19.0 Å². The van der Waals surface area contributed by atoms with Crippen LogP contribution in [-0.4, -0.2) is 76.3 Å². The molecule has 2 amide bonds. The smallest absolute Gasteiger partial charge is 0.355 e. The first-order valence-corrected chi connectivity index (χ1v) is 10.7. The molecule has 0 aromatic heterocycles. The summed E-state index contributed by atoms with van der Waals surface area (Å²) in [6.45, 7) is 4.86. The van der Waals surface area contributed by atoms with Crippen LogP contribution >= 0.6 is 15.9 Å². The van der Waals surface area contributed by atoms with Gasteiger partial charge in [-0.05, 0) is 46.4 Å². The molecule has 1 saturated heterocycles. The van der Waals surface area contributed by atoms with E-state index in [4.69, 9.17) is 10.5 Å². The molecule has 0 spiro atoms. The summed E-state index contributed by atoms with van der Waals surface area (Å²) in [5.74, 6) is -0.0915. The Balaban J connectivity index is 1.97. The van der Waals surface area contributed by atoms with Gasteiger partial charge in [-0.3, -0.25) is 9.59 Å². The molecule has 2 radical (unpaired) electrons. The van der Waals surface area contributed by atoms with Gasteiger partial charge in [-0.15, -0.1) is 4.68 Å². The summed E-state index contributed by atoms with van der Waals surface area (Å²) in [4.78, 5) is 29.8. The summed E-state index contributed by atoms with van der Waals surface area (Å²) in [5, 5.41) is 0. The Morgan fingerprint density at radius 2 is 2.30 bits per heavy atom. The molecule has 0 aromatic rings. The lowest BCUT2D eigenvalue weighted by Gasteiger charge is -2.38. The van der Waals surface area contributed by atoms with Gasteiger partial charge in [0.05, 0.1) is 28.4 Å². The topological polar surface area (TPSA) is 100 Å². The number of hydrazone groups is 1. The van der Waals surface area contributed by atoms with E-state index >= 15 is 0 Å². The van der Waals surface area contributed by atoms with E-state index in [0.717, 1.165) is 18.9 Å². The number of hydrazine groups is 1. The van der Waals surface area contributed by atoms with Crippen molar-refractivity contribution in [3.8, 4) is 0 Å². The van der Waals surface area contributed by atoms with Crippen LogP contribution in [0.1, 0.15) is 12.8 Å². The molecule has 0 saturated carbocycles. The zero-order chi connectivity index (χ0) is 20.0. The Labute approximate surface area is 170 Å². The molecule has 8 nitrogen and oxygen atoms in total. The number of ether oxygens (including phenoxy) is 1. The summed E-state index contributed by atoms with van der Waals surface area (Å²) in [6, 6.07) is 0.913. The Morgan fingerprint density at radius 1 is 1.56 bits per heavy atom. The van der Waals surface area contributed by atoms with E-state index in [2.05, 4.69) is 32.9 Å². The summed E-state index contributed by atoms with van der Waals surface area (Å²) in [7, 11) is 3.91. The van der Waals surface area contributed by atoms with Gasteiger partial charge in [0, 0.05) is 13.7 Å². The van der Waals surface area contributed by atoms with E-state index in [0.29, 0.717) is 44.2 Å². The Hall–Kier alpha value is -1.78. The fraction of sp³-hybridized carbons (Fsp3) is 0.529. The molecular weight excluding hydrogens is 430 g/mol. The fourth-order valence-corrected chi connectivity index (χ4v) is 5.14. The Bertz CT molecular complexity index is 707. The number of carbonyl (C=O) groups is 2. The highest BCUT2D eigenvalue weighted by molar-refractivity contribution is 9.11. The van der Waals surface area contributed by atoms with E-state index in [1.54, 1.807) is 18.8 Å². The Kier molecular flexibility index (Phi) is 7.93. The predicted octanol–water partition coefficient (Wildman–Crippen LogP) is 0.442. The number of methoxy groups -OCH3 is 1. The number of carbonyl (C=O) groups excluding carboxylic acids is 2. The minimum absolute atomic E-state index is 0.0450. The van der Waals surface area contributed by atoms with Gasteiger partial charge in [0.1, 0.15) is 11.7 Å². The van der Waals surface area contributed by atoms with E-state index < -0.39 is 5.91 Å². The van der Waals surface area contributed by atoms with Crippen molar-refractivity contribution in [1.29, 1.82) is 0 Å². The van der Waals surface area contributed by atoms with Crippen LogP contribution in [-0.2, 0) is 14.3 Å². The first kappa shape index (κ1) is 21.5. The normalized spacial score (nSPS) is 25.8.